The van der Waals surface area contributed by atoms with E-state index in [-0.39, 0.29) is 0 Å². The van der Waals surface area contributed by atoms with Gasteiger partial charge < -0.3 is 9.36 Å². The first kappa shape index (κ1) is 7.98. The molecular weight excluding hydrogens is 140 g/mol. The lowest BCUT2D eigenvalue weighted by atomic mass is 10.2. The van der Waals surface area contributed by atoms with Gasteiger partial charge in [0.2, 0.25) is 0 Å². The molecule has 3 heteroatoms. The van der Waals surface area contributed by atoms with Crippen molar-refractivity contribution in [2.75, 3.05) is 0 Å². The van der Waals surface area contributed by atoms with Gasteiger partial charge in [-0.25, -0.2) is 4.98 Å². The van der Waals surface area contributed by atoms with E-state index in [2.05, 4.69) is 18.8 Å². The van der Waals surface area contributed by atoms with Crippen LogP contribution in [0.25, 0.3) is 0 Å². The molecule has 0 aliphatic carbocycles. The Balaban J connectivity index is 2.73. The van der Waals surface area contributed by atoms with E-state index in [0.717, 1.165) is 12.0 Å². The molecule has 0 atom stereocenters. The third-order valence-electron chi connectivity index (χ3n) is 1.53. The van der Waals surface area contributed by atoms with Gasteiger partial charge in [0.1, 0.15) is 6.29 Å². The summed E-state index contributed by atoms with van der Waals surface area (Å²) in [6.45, 7) is 4.56. The summed E-state index contributed by atoms with van der Waals surface area (Å²) in [5.74, 6) is 0.433. The number of carbonyl (C=O) groups excluding carboxylic acids is 1. The van der Waals surface area contributed by atoms with Gasteiger partial charge in [0.15, 0.2) is 0 Å². The first-order valence-corrected chi connectivity index (χ1v) is 3.69. The fourth-order valence-corrected chi connectivity index (χ4v) is 0.861. The summed E-state index contributed by atoms with van der Waals surface area (Å²) in [4.78, 5) is 14.2. The van der Waals surface area contributed by atoms with E-state index in [9.17, 15) is 4.79 Å². The molecule has 0 aliphatic heterocycles. The van der Waals surface area contributed by atoms with Gasteiger partial charge in [0, 0.05) is 6.20 Å². The van der Waals surface area contributed by atoms with E-state index in [1.807, 2.05) is 6.20 Å². The number of aldehydes is 1. The maximum absolute atomic E-state index is 10.1. The van der Waals surface area contributed by atoms with Gasteiger partial charge >= 0.3 is 0 Å². The minimum Gasteiger partial charge on any atom is -0.330 e. The highest BCUT2D eigenvalue weighted by molar-refractivity contribution is 5.49. The van der Waals surface area contributed by atoms with Crippen LogP contribution in [0.1, 0.15) is 25.5 Å². The molecule has 0 fully saturated rings. The second-order valence-corrected chi connectivity index (χ2v) is 2.82. The van der Waals surface area contributed by atoms with Crippen LogP contribution in [-0.4, -0.2) is 15.8 Å². The van der Waals surface area contributed by atoms with Crippen LogP contribution in [0.2, 0.25) is 0 Å². The van der Waals surface area contributed by atoms with Gasteiger partial charge in [-0.2, -0.15) is 0 Å². The van der Waals surface area contributed by atoms with Crippen molar-refractivity contribution in [3.8, 4) is 0 Å². The molecule has 1 heterocycles. The van der Waals surface area contributed by atoms with E-state index in [4.69, 9.17) is 0 Å². The van der Waals surface area contributed by atoms with Crippen LogP contribution in [0.5, 0.6) is 0 Å². The standard InChI is InChI=1S/C8H12N2O/c1-7(2)8-5-10(3-4-11)6-9-8/h4-7H,3H2,1-2H3. The molecule has 0 aliphatic rings. The largest absolute Gasteiger partial charge is 0.330 e. The highest BCUT2D eigenvalue weighted by atomic mass is 16.1. The monoisotopic (exact) mass is 152 g/mol. The van der Waals surface area contributed by atoms with Crippen molar-refractivity contribution in [2.45, 2.75) is 26.3 Å². The maximum Gasteiger partial charge on any atom is 0.139 e. The van der Waals surface area contributed by atoms with Crippen LogP contribution in [0.15, 0.2) is 12.5 Å². The molecule has 3 nitrogen and oxygen atoms in total. The Hall–Kier alpha value is -1.12. The molecule has 0 bridgehead atoms. The zero-order valence-corrected chi connectivity index (χ0v) is 6.82. The molecule has 11 heavy (non-hydrogen) atoms. The number of imidazole rings is 1. The Morgan fingerprint density at radius 1 is 1.73 bits per heavy atom. The molecule has 60 valence electrons. The molecule has 0 spiro atoms. The number of hydrogen-bond acceptors (Lipinski definition) is 2. The quantitative estimate of drug-likeness (QED) is 0.610. The van der Waals surface area contributed by atoms with Gasteiger partial charge in [0.05, 0.1) is 18.6 Å². The van der Waals surface area contributed by atoms with Gasteiger partial charge in [-0.3, -0.25) is 0 Å². The summed E-state index contributed by atoms with van der Waals surface area (Å²) in [7, 11) is 0. The van der Waals surface area contributed by atoms with Crippen molar-refractivity contribution in [1.82, 2.24) is 9.55 Å². The van der Waals surface area contributed by atoms with E-state index < -0.39 is 0 Å². The zero-order chi connectivity index (χ0) is 8.27. The number of aromatic nitrogens is 2. The lowest BCUT2D eigenvalue weighted by molar-refractivity contribution is -0.108. The second kappa shape index (κ2) is 3.32. The molecule has 0 N–H and O–H groups in total. The smallest absolute Gasteiger partial charge is 0.139 e. The minimum atomic E-state index is 0.402. The topological polar surface area (TPSA) is 34.9 Å². The summed E-state index contributed by atoms with van der Waals surface area (Å²) >= 11 is 0. The summed E-state index contributed by atoms with van der Waals surface area (Å²) in [6.07, 6.45) is 4.45. The van der Waals surface area contributed by atoms with Crippen molar-refractivity contribution < 1.29 is 4.79 Å². The Labute approximate surface area is 66.1 Å². The zero-order valence-electron chi connectivity index (χ0n) is 6.82. The number of rotatable bonds is 3. The summed E-state index contributed by atoms with van der Waals surface area (Å²) in [5.41, 5.74) is 1.03. The highest BCUT2D eigenvalue weighted by Crippen LogP contribution is 2.09. The first-order valence-electron chi connectivity index (χ1n) is 3.69. The fourth-order valence-electron chi connectivity index (χ4n) is 0.861. The summed E-state index contributed by atoms with van der Waals surface area (Å²) in [6, 6.07) is 0. The Morgan fingerprint density at radius 3 is 2.91 bits per heavy atom. The van der Waals surface area contributed by atoms with Crippen molar-refractivity contribution in [1.29, 1.82) is 0 Å². The second-order valence-electron chi connectivity index (χ2n) is 2.82. The predicted octanol–water partition coefficient (Wildman–Crippen LogP) is 1.21. The SMILES string of the molecule is CC(C)c1cn(CC=O)cn1. The highest BCUT2D eigenvalue weighted by Gasteiger charge is 2.01. The molecule has 0 amide bonds. The van der Waals surface area contributed by atoms with Crippen LogP contribution in [0, 0.1) is 0 Å². The molecule has 0 saturated heterocycles. The van der Waals surface area contributed by atoms with E-state index in [1.54, 1.807) is 10.9 Å². The van der Waals surface area contributed by atoms with E-state index in [0.29, 0.717) is 12.5 Å². The van der Waals surface area contributed by atoms with Crippen molar-refractivity contribution in [2.24, 2.45) is 0 Å². The molecule has 0 aromatic carbocycles. The number of nitrogens with zero attached hydrogens (tertiary/aromatic N) is 2. The molecule has 0 unspecified atom stereocenters. The van der Waals surface area contributed by atoms with Gasteiger partial charge in [0.25, 0.3) is 0 Å². The van der Waals surface area contributed by atoms with Crippen LogP contribution >= 0.6 is 0 Å². The molecule has 1 aromatic heterocycles. The Morgan fingerprint density at radius 2 is 2.45 bits per heavy atom. The normalized spacial score (nSPS) is 10.5. The third kappa shape index (κ3) is 1.90. The molecule has 0 radical (unpaired) electrons. The van der Waals surface area contributed by atoms with Gasteiger partial charge in [-0.15, -0.1) is 0 Å². The molecule has 1 aromatic rings. The third-order valence-corrected chi connectivity index (χ3v) is 1.53. The Bertz CT molecular complexity index is 240. The lowest BCUT2D eigenvalue weighted by Gasteiger charge is -1.96. The Kier molecular flexibility index (Phi) is 2.41. The van der Waals surface area contributed by atoms with Crippen LogP contribution in [-0.2, 0) is 11.3 Å². The van der Waals surface area contributed by atoms with Crippen LogP contribution in [0.4, 0.5) is 0 Å². The van der Waals surface area contributed by atoms with Gasteiger partial charge in [-0.05, 0) is 5.92 Å². The van der Waals surface area contributed by atoms with Gasteiger partial charge in [-0.1, -0.05) is 13.8 Å². The number of carbonyl (C=O) groups is 1. The maximum atomic E-state index is 10.1. The van der Waals surface area contributed by atoms with E-state index >= 15 is 0 Å². The van der Waals surface area contributed by atoms with Crippen molar-refractivity contribution in [3.05, 3.63) is 18.2 Å². The van der Waals surface area contributed by atoms with Crippen molar-refractivity contribution in [3.63, 3.8) is 0 Å². The molecular formula is C8H12N2O. The van der Waals surface area contributed by atoms with Crippen LogP contribution in [0.3, 0.4) is 0 Å². The summed E-state index contributed by atoms with van der Waals surface area (Å²) in [5, 5.41) is 0. The summed E-state index contributed by atoms with van der Waals surface area (Å²) < 4.78 is 1.78. The predicted molar refractivity (Wildman–Crippen MR) is 42.4 cm³/mol. The first-order chi connectivity index (χ1) is 5.24. The average molecular weight is 152 g/mol. The van der Waals surface area contributed by atoms with Crippen LogP contribution < -0.4 is 0 Å². The molecule has 1 rings (SSSR count). The fraction of sp³-hybridized carbons (Fsp3) is 0.500. The van der Waals surface area contributed by atoms with Crippen molar-refractivity contribution >= 4 is 6.29 Å². The average Bonchev–Trinajstić information content (AvgIpc) is 2.37. The lowest BCUT2D eigenvalue weighted by Crippen LogP contribution is -1.94. The number of hydrogen-bond donors (Lipinski definition) is 0. The minimum absolute atomic E-state index is 0.402. The van der Waals surface area contributed by atoms with E-state index in [1.165, 1.54) is 0 Å². The molecule has 0 saturated carbocycles.